The third-order valence-electron chi connectivity index (χ3n) is 4.68. The topological polar surface area (TPSA) is 90.9 Å². The van der Waals surface area contributed by atoms with Crippen molar-refractivity contribution < 1.29 is 4.79 Å². The first-order valence-corrected chi connectivity index (χ1v) is 9.89. The number of hydrogen-bond donors (Lipinski definition) is 1. The Labute approximate surface area is 183 Å². The molecular formula is C23H29N7O. The summed E-state index contributed by atoms with van der Waals surface area (Å²) >= 11 is 0. The normalized spacial score (nSPS) is 12.0. The predicted molar refractivity (Wildman–Crippen MR) is 126 cm³/mol. The second-order valence-electron chi connectivity index (χ2n) is 6.79. The molecule has 0 aliphatic rings. The van der Waals surface area contributed by atoms with Crippen molar-refractivity contribution in [1.29, 1.82) is 0 Å². The third-order valence-corrected chi connectivity index (χ3v) is 4.68. The summed E-state index contributed by atoms with van der Waals surface area (Å²) in [7, 11) is 3.73. The number of likely N-dealkylation sites (N-methyl/N-ethyl adjacent to an activating group) is 2. The molecule has 0 bridgehead atoms. The summed E-state index contributed by atoms with van der Waals surface area (Å²) < 4.78 is 0. The highest BCUT2D eigenvalue weighted by atomic mass is 16.2. The van der Waals surface area contributed by atoms with Crippen molar-refractivity contribution in [2.45, 2.75) is 19.9 Å². The van der Waals surface area contributed by atoms with Gasteiger partial charge < -0.3 is 14.8 Å². The minimum Gasteiger partial charge on any atom is -0.357 e. The molecule has 31 heavy (non-hydrogen) atoms. The van der Waals surface area contributed by atoms with Gasteiger partial charge in [-0.3, -0.25) is 9.78 Å². The maximum absolute atomic E-state index is 12.8. The number of allylic oxidation sites excluding steroid dienone is 3. The Hall–Kier alpha value is -3.81. The monoisotopic (exact) mass is 419 g/mol. The number of amides is 1. The first-order chi connectivity index (χ1) is 15.0. The number of aromatic nitrogens is 5. The van der Waals surface area contributed by atoms with E-state index >= 15 is 0 Å². The molecule has 3 rings (SSSR count). The van der Waals surface area contributed by atoms with Crippen LogP contribution in [-0.2, 0) is 0 Å². The number of carbonyl (C=O) groups excluding carboxylic acids is 1. The van der Waals surface area contributed by atoms with Crippen molar-refractivity contribution >= 4 is 28.8 Å². The van der Waals surface area contributed by atoms with Crippen molar-refractivity contribution in [2.75, 3.05) is 25.5 Å². The molecule has 1 amide bonds. The molecule has 8 nitrogen and oxygen atoms in total. The van der Waals surface area contributed by atoms with Crippen LogP contribution in [0.4, 0.5) is 5.82 Å². The minimum atomic E-state index is -0.170. The molecular weight excluding hydrogens is 390 g/mol. The summed E-state index contributed by atoms with van der Waals surface area (Å²) in [5.41, 5.74) is 1.81. The van der Waals surface area contributed by atoms with E-state index in [0.717, 1.165) is 16.9 Å². The summed E-state index contributed by atoms with van der Waals surface area (Å²) in [6.45, 7) is 10.5. The van der Waals surface area contributed by atoms with Gasteiger partial charge >= 0.3 is 0 Å². The van der Waals surface area contributed by atoms with Crippen molar-refractivity contribution in [1.82, 2.24) is 29.8 Å². The number of rotatable bonds is 7. The first-order valence-electron chi connectivity index (χ1n) is 9.89. The molecule has 3 heterocycles. The van der Waals surface area contributed by atoms with Gasteiger partial charge in [-0.05, 0) is 26.0 Å². The quantitative estimate of drug-likeness (QED) is 0.463. The maximum atomic E-state index is 12.8. The molecule has 3 aromatic heterocycles. The summed E-state index contributed by atoms with van der Waals surface area (Å²) in [4.78, 5) is 36.7. The van der Waals surface area contributed by atoms with Gasteiger partial charge in [0.05, 0.1) is 23.5 Å². The Balaban J connectivity index is 0.00000166. The van der Waals surface area contributed by atoms with Crippen LogP contribution >= 0.6 is 0 Å². The van der Waals surface area contributed by atoms with Crippen molar-refractivity contribution in [3.05, 3.63) is 73.8 Å². The van der Waals surface area contributed by atoms with Crippen LogP contribution in [0, 0.1) is 0 Å². The van der Waals surface area contributed by atoms with Crippen LogP contribution in [0.2, 0.25) is 0 Å². The number of hydrogen-bond acceptors (Lipinski definition) is 6. The van der Waals surface area contributed by atoms with Gasteiger partial charge in [0, 0.05) is 32.9 Å². The third kappa shape index (κ3) is 5.85. The van der Waals surface area contributed by atoms with E-state index in [-0.39, 0.29) is 11.9 Å². The van der Waals surface area contributed by atoms with Crippen LogP contribution in [0.1, 0.15) is 30.0 Å². The lowest BCUT2D eigenvalue weighted by Crippen LogP contribution is -2.42. The molecule has 0 aliphatic heterocycles. The number of H-pyrrole nitrogens is 1. The molecule has 0 saturated heterocycles. The highest BCUT2D eigenvalue weighted by Gasteiger charge is 2.21. The maximum Gasteiger partial charge on any atom is 0.274 e. The fraction of sp³-hybridized carbons (Fsp3) is 0.261. The van der Waals surface area contributed by atoms with Crippen LogP contribution in [0.3, 0.4) is 0 Å². The van der Waals surface area contributed by atoms with E-state index in [1.165, 1.54) is 12.5 Å². The van der Waals surface area contributed by atoms with E-state index in [4.69, 9.17) is 0 Å². The van der Waals surface area contributed by atoms with E-state index in [2.05, 4.69) is 38.1 Å². The zero-order valence-electron chi connectivity index (χ0n) is 18.5. The summed E-state index contributed by atoms with van der Waals surface area (Å²) in [6, 6.07) is 1.88. The second kappa shape index (κ2) is 11.4. The molecule has 0 aliphatic carbocycles. The lowest BCUT2D eigenvalue weighted by Gasteiger charge is -2.29. The number of anilines is 1. The van der Waals surface area contributed by atoms with Crippen molar-refractivity contribution in [3.8, 4) is 0 Å². The molecule has 3 aromatic rings. The highest BCUT2D eigenvalue weighted by Crippen LogP contribution is 2.21. The fourth-order valence-corrected chi connectivity index (χ4v) is 2.95. The summed E-state index contributed by atoms with van der Waals surface area (Å²) in [5.74, 6) is 0.651. The molecule has 0 saturated carbocycles. The number of nitrogens with zero attached hydrogens (tertiary/aromatic N) is 6. The van der Waals surface area contributed by atoms with E-state index < -0.39 is 0 Å². The molecule has 1 N–H and O–H groups in total. The van der Waals surface area contributed by atoms with E-state index in [1.54, 1.807) is 18.1 Å². The van der Waals surface area contributed by atoms with Gasteiger partial charge in [-0.25, -0.2) is 15.0 Å². The Kier molecular flexibility index (Phi) is 8.63. The van der Waals surface area contributed by atoms with Gasteiger partial charge in [0.25, 0.3) is 5.91 Å². The average Bonchev–Trinajstić information content (AvgIpc) is 3.29. The Morgan fingerprint density at radius 2 is 1.94 bits per heavy atom. The van der Waals surface area contributed by atoms with Crippen LogP contribution in [0.25, 0.3) is 17.1 Å². The lowest BCUT2D eigenvalue weighted by atomic mass is 10.2. The zero-order chi connectivity index (χ0) is 22.8. The summed E-state index contributed by atoms with van der Waals surface area (Å²) in [6.07, 6.45) is 14.0. The largest absolute Gasteiger partial charge is 0.357 e. The van der Waals surface area contributed by atoms with Gasteiger partial charge in [0.15, 0.2) is 0 Å². The van der Waals surface area contributed by atoms with Gasteiger partial charge in [-0.15, -0.1) is 13.2 Å². The standard InChI is InChI=1S/C21H25N7O.C2H4/c1-5-6-7-8-16-11-24-18(12-23-16)21(29)28(4)15(2)13-27(3)20-17-9-10-22-19(17)25-14-26-20;1-2/h5-12,14-15H,13H2,1-4H3,(H,22,25,26);1-2H2/b6-5-,8-7-;. The van der Waals surface area contributed by atoms with Crippen LogP contribution in [-0.4, -0.2) is 62.4 Å². The molecule has 1 unspecified atom stereocenters. The average molecular weight is 420 g/mol. The Morgan fingerprint density at radius 3 is 2.61 bits per heavy atom. The highest BCUT2D eigenvalue weighted by molar-refractivity contribution is 5.92. The lowest BCUT2D eigenvalue weighted by molar-refractivity contribution is 0.0741. The van der Waals surface area contributed by atoms with E-state index in [0.29, 0.717) is 17.9 Å². The molecule has 162 valence electrons. The number of carbonyl (C=O) groups is 1. The minimum absolute atomic E-state index is 0.0625. The predicted octanol–water partition coefficient (Wildman–Crippen LogP) is 3.74. The van der Waals surface area contributed by atoms with Gasteiger partial charge in [-0.1, -0.05) is 18.2 Å². The Morgan fingerprint density at radius 1 is 1.16 bits per heavy atom. The summed E-state index contributed by atoms with van der Waals surface area (Å²) in [5, 5.41) is 0.948. The first kappa shape index (κ1) is 23.5. The number of aromatic amines is 1. The Bertz CT molecular complexity index is 1040. The fourth-order valence-electron chi connectivity index (χ4n) is 2.95. The second-order valence-corrected chi connectivity index (χ2v) is 6.79. The van der Waals surface area contributed by atoms with E-state index in [1.807, 2.05) is 62.4 Å². The van der Waals surface area contributed by atoms with Crippen LogP contribution in [0.15, 0.2) is 62.4 Å². The van der Waals surface area contributed by atoms with Gasteiger partial charge in [0.2, 0.25) is 0 Å². The van der Waals surface area contributed by atoms with Gasteiger partial charge in [0.1, 0.15) is 23.5 Å². The number of fused-ring (bicyclic) bond motifs is 1. The number of nitrogens with one attached hydrogen (secondary N) is 1. The van der Waals surface area contributed by atoms with Crippen LogP contribution in [0.5, 0.6) is 0 Å². The molecule has 0 fully saturated rings. The van der Waals surface area contributed by atoms with Gasteiger partial charge in [-0.2, -0.15) is 0 Å². The van der Waals surface area contributed by atoms with Crippen molar-refractivity contribution in [3.63, 3.8) is 0 Å². The zero-order valence-corrected chi connectivity index (χ0v) is 18.5. The van der Waals surface area contributed by atoms with E-state index in [9.17, 15) is 4.79 Å². The van der Waals surface area contributed by atoms with Crippen LogP contribution < -0.4 is 4.90 Å². The smallest absolute Gasteiger partial charge is 0.274 e. The molecule has 8 heteroatoms. The molecule has 0 aromatic carbocycles. The molecule has 0 spiro atoms. The SMILES string of the molecule is C/C=C\C=C/c1cnc(C(=O)N(C)C(C)CN(C)c2ncnc3[nH]ccc23)cn1.C=C. The van der Waals surface area contributed by atoms with Crippen molar-refractivity contribution in [2.24, 2.45) is 0 Å². The molecule has 0 radical (unpaired) electrons. The molecule has 1 atom stereocenters.